The van der Waals surface area contributed by atoms with Crippen molar-refractivity contribution in [2.75, 3.05) is 24.7 Å². The molecular weight excluding hydrogens is 344 g/mol. The van der Waals surface area contributed by atoms with Crippen molar-refractivity contribution in [2.45, 2.75) is 19.4 Å². The smallest absolute Gasteiger partial charge is 0.227 e. The van der Waals surface area contributed by atoms with Crippen molar-refractivity contribution in [1.29, 1.82) is 0 Å². The molecule has 1 saturated heterocycles. The zero-order chi connectivity index (χ0) is 18.8. The van der Waals surface area contributed by atoms with Gasteiger partial charge in [-0.25, -0.2) is 0 Å². The van der Waals surface area contributed by atoms with Crippen LogP contribution < -0.4 is 19.7 Å². The summed E-state index contributed by atoms with van der Waals surface area (Å²) in [6.45, 7) is 3.33. The number of amides is 2. The number of fused-ring (bicyclic) bond motifs is 1. The summed E-state index contributed by atoms with van der Waals surface area (Å²) in [6.07, 6.45) is 0.210. The van der Waals surface area contributed by atoms with Crippen LogP contribution in [0, 0.1) is 5.92 Å². The summed E-state index contributed by atoms with van der Waals surface area (Å²) >= 11 is 0. The zero-order valence-corrected chi connectivity index (χ0v) is 15.2. The van der Waals surface area contributed by atoms with E-state index in [-0.39, 0.29) is 30.2 Å². The van der Waals surface area contributed by atoms with Crippen LogP contribution in [0.4, 0.5) is 5.69 Å². The summed E-state index contributed by atoms with van der Waals surface area (Å²) in [7, 11) is 0. The topological polar surface area (TPSA) is 67.9 Å². The average molecular weight is 366 g/mol. The fourth-order valence-corrected chi connectivity index (χ4v) is 3.49. The van der Waals surface area contributed by atoms with Gasteiger partial charge < -0.3 is 19.7 Å². The minimum absolute atomic E-state index is 0.0563. The molecule has 1 N–H and O–H groups in total. The lowest BCUT2D eigenvalue weighted by atomic mass is 10.1. The Labute approximate surface area is 158 Å². The Bertz CT molecular complexity index is 853. The first-order valence-electron chi connectivity index (χ1n) is 9.17. The van der Waals surface area contributed by atoms with Crippen LogP contribution in [0.5, 0.6) is 11.5 Å². The first-order valence-corrected chi connectivity index (χ1v) is 9.17. The number of ether oxygens (including phenoxy) is 2. The van der Waals surface area contributed by atoms with Crippen LogP contribution in [-0.4, -0.2) is 31.6 Å². The Morgan fingerprint density at radius 3 is 2.63 bits per heavy atom. The summed E-state index contributed by atoms with van der Waals surface area (Å²) in [5.74, 6) is 0.801. The molecule has 0 saturated carbocycles. The van der Waals surface area contributed by atoms with Gasteiger partial charge in [0.15, 0.2) is 11.5 Å². The molecule has 2 aromatic carbocycles. The zero-order valence-electron chi connectivity index (χ0n) is 15.2. The Balaban J connectivity index is 1.43. The van der Waals surface area contributed by atoms with Gasteiger partial charge in [-0.15, -0.1) is 0 Å². The summed E-state index contributed by atoms with van der Waals surface area (Å²) in [5, 5.41) is 3.02. The number of rotatable bonds is 4. The largest absolute Gasteiger partial charge is 0.486 e. The normalized spacial score (nSPS) is 19.7. The van der Waals surface area contributed by atoms with Crippen molar-refractivity contribution in [1.82, 2.24) is 5.32 Å². The molecule has 2 atom stereocenters. The van der Waals surface area contributed by atoms with Gasteiger partial charge in [0.1, 0.15) is 13.2 Å². The van der Waals surface area contributed by atoms with Gasteiger partial charge in [-0.3, -0.25) is 9.59 Å². The van der Waals surface area contributed by atoms with Crippen molar-refractivity contribution >= 4 is 17.5 Å². The number of nitrogens with zero attached hydrogens (tertiary/aromatic N) is 1. The first kappa shape index (κ1) is 17.4. The van der Waals surface area contributed by atoms with E-state index in [2.05, 4.69) is 5.32 Å². The second-order valence-corrected chi connectivity index (χ2v) is 6.87. The van der Waals surface area contributed by atoms with Gasteiger partial charge in [-0.2, -0.15) is 0 Å². The SMILES string of the molecule is C[C@H](NC(=O)[C@H]1CC(=O)N(c2ccc3c(c2)OCCO3)C1)c1ccccc1. The van der Waals surface area contributed by atoms with Crippen molar-refractivity contribution < 1.29 is 19.1 Å². The minimum atomic E-state index is -0.364. The molecule has 6 heteroatoms. The van der Waals surface area contributed by atoms with Crippen LogP contribution in [0.15, 0.2) is 48.5 Å². The van der Waals surface area contributed by atoms with Crippen LogP contribution >= 0.6 is 0 Å². The number of anilines is 1. The second kappa shape index (κ2) is 7.31. The van der Waals surface area contributed by atoms with Crippen LogP contribution in [-0.2, 0) is 9.59 Å². The highest BCUT2D eigenvalue weighted by Gasteiger charge is 2.36. The fourth-order valence-electron chi connectivity index (χ4n) is 3.49. The molecule has 27 heavy (non-hydrogen) atoms. The van der Waals surface area contributed by atoms with Crippen LogP contribution in [0.3, 0.4) is 0 Å². The summed E-state index contributed by atoms with van der Waals surface area (Å²) < 4.78 is 11.1. The highest BCUT2D eigenvalue weighted by molar-refractivity contribution is 6.00. The maximum absolute atomic E-state index is 12.6. The van der Waals surface area contributed by atoms with E-state index in [4.69, 9.17) is 9.47 Å². The highest BCUT2D eigenvalue weighted by atomic mass is 16.6. The number of hydrogen-bond acceptors (Lipinski definition) is 4. The van der Waals surface area contributed by atoms with Crippen molar-refractivity contribution in [3.8, 4) is 11.5 Å². The molecule has 0 radical (unpaired) electrons. The molecule has 6 nitrogen and oxygen atoms in total. The number of nitrogens with one attached hydrogen (secondary N) is 1. The Kier molecular flexibility index (Phi) is 4.71. The molecule has 1 fully saturated rings. The Hall–Kier alpha value is -3.02. The average Bonchev–Trinajstić information content (AvgIpc) is 3.10. The van der Waals surface area contributed by atoms with Crippen molar-refractivity contribution in [3.63, 3.8) is 0 Å². The molecule has 2 amide bonds. The van der Waals surface area contributed by atoms with E-state index in [1.54, 1.807) is 11.0 Å². The van der Waals surface area contributed by atoms with Gasteiger partial charge in [0, 0.05) is 24.7 Å². The fraction of sp³-hybridized carbons (Fsp3) is 0.333. The standard InChI is InChI=1S/C21H22N2O4/c1-14(15-5-3-2-4-6-15)22-21(25)16-11-20(24)23(13-16)17-7-8-18-19(12-17)27-10-9-26-18/h2-8,12,14,16H,9-11,13H2,1H3,(H,22,25)/t14-,16-/m0/s1. The molecule has 4 rings (SSSR count). The second-order valence-electron chi connectivity index (χ2n) is 6.87. The molecule has 2 aliphatic rings. The summed E-state index contributed by atoms with van der Waals surface area (Å²) in [4.78, 5) is 26.8. The molecule has 140 valence electrons. The van der Waals surface area contributed by atoms with Gasteiger partial charge in [0.25, 0.3) is 0 Å². The Morgan fingerprint density at radius 2 is 1.85 bits per heavy atom. The van der Waals surface area contributed by atoms with E-state index >= 15 is 0 Å². The summed E-state index contributed by atoms with van der Waals surface area (Å²) in [5.41, 5.74) is 1.77. The number of carbonyl (C=O) groups excluding carboxylic acids is 2. The molecule has 0 aliphatic carbocycles. The van der Waals surface area contributed by atoms with Gasteiger partial charge in [0.05, 0.1) is 12.0 Å². The van der Waals surface area contributed by atoms with Crippen LogP contribution in [0.1, 0.15) is 24.9 Å². The lowest BCUT2D eigenvalue weighted by Crippen LogP contribution is -2.34. The van der Waals surface area contributed by atoms with Crippen molar-refractivity contribution in [3.05, 3.63) is 54.1 Å². The molecule has 2 aliphatic heterocycles. The van der Waals surface area contributed by atoms with Crippen LogP contribution in [0.25, 0.3) is 0 Å². The monoisotopic (exact) mass is 366 g/mol. The molecule has 0 bridgehead atoms. The third-order valence-corrected chi connectivity index (χ3v) is 4.99. The van der Waals surface area contributed by atoms with Gasteiger partial charge in [-0.05, 0) is 24.6 Å². The lowest BCUT2D eigenvalue weighted by Gasteiger charge is -2.22. The number of hydrogen-bond donors (Lipinski definition) is 1. The van der Waals surface area contributed by atoms with Gasteiger partial charge in [0.2, 0.25) is 11.8 Å². The minimum Gasteiger partial charge on any atom is -0.486 e. The van der Waals surface area contributed by atoms with E-state index in [0.29, 0.717) is 31.3 Å². The molecule has 0 spiro atoms. The van der Waals surface area contributed by atoms with Gasteiger partial charge >= 0.3 is 0 Å². The van der Waals surface area contributed by atoms with Crippen molar-refractivity contribution in [2.24, 2.45) is 5.92 Å². The third-order valence-electron chi connectivity index (χ3n) is 4.99. The molecule has 0 unspecified atom stereocenters. The van der Waals surface area contributed by atoms with E-state index in [1.807, 2.05) is 49.4 Å². The van der Waals surface area contributed by atoms with Crippen LogP contribution in [0.2, 0.25) is 0 Å². The lowest BCUT2D eigenvalue weighted by molar-refractivity contribution is -0.126. The van der Waals surface area contributed by atoms with E-state index < -0.39 is 0 Å². The van der Waals surface area contributed by atoms with Gasteiger partial charge in [-0.1, -0.05) is 30.3 Å². The predicted molar refractivity (Wildman–Crippen MR) is 101 cm³/mol. The Morgan fingerprint density at radius 1 is 1.11 bits per heavy atom. The summed E-state index contributed by atoms with van der Waals surface area (Å²) in [6, 6.07) is 15.1. The maximum Gasteiger partial charge on any atom is 0.227 e. The highest BCUT2D eigenvalue weighted by Crippen LogP contribution is 2.36. The predicted octanol–water partition coefficient (Wildman–Crippen LogP) is 2.69. The molecule has 2 aromatic rings. The molecule has 0 aromatic heterocycles. The quantitative estimate of drug-likeness (QED) is 0.903. The van der Waals surface area contributed by atoms with E-state index in [1.165, 1.54) is 0 Å². The maximum atomic E-state index is 12.6. The van der Waals surface area contributed by atoms with E-state index in [0.717, 1.165) is 11.3 Å². The molecular formula is C21H22N2O4. The number of carbonyl (C=O) groups is 2. The molecule has 2 heterocycles. The first-order chi connectivity index (χ1) is 13.1. The third kappa shape index (κ3) is 3.60. The number of benzene rings is 2. The van der Waals surface area contributed by atoms with E-state index in [9.17, 15) is 9.59 Å².